The summed E-state index contributed by atoms with van der Waals surface area (Å²) < 4.78 is 0. The van der Waals surface area contributed by atoms with Crippen LogP contribution in [0.4, 0.5) is 0 Å². The van der Waals surface area contributed by atoms with Gasteiger partial charge in [0.05, 0.1) is 10.8 Å². The van der Waals surface area contributed by atoms with Crippen LogP contribution in [0.1, 0.15) is 33.6 Å². The summed E-state index contributed by atoms with van der Waals surface area (Å²) in [6.45, 7) is 2.58. The van der Waals surface area contributed by atoms with Crippen molar-refractivity contribution >= 4 is 23.2 Å². The Morgan fingerprint density at radius 3 is 2.58 bits per heavy atom. The summed E-state index contributed by atoms with van der Waals surface area (Å²) in [4.78, 5) is 30.4. The fourth-order valence-electron chi connectivity index (χ4n) is 4.37. The lowest BCUT2D eigenvalue weighted by atomic mass is 9.96. The standard InChI is InChI=1S/C27H31N3O2S/c1-29(2)18-20-11-13-21(14-12-20)24-9-4-3-7-22(24)17-28-26(31)23-8-5-15-30(19-23)27(32)25-10-6-16-33-25/h3-4,6-7,9-14,16,23H,5,8,15,17-19H2,1-2H3,(H,28,31)/t23-/m1/s1. The van der Waals surface area contributed by atoms with Crippen molar-refractivity contribution in [3.05, 3.63) is 82.0 Å². The molecule has 0 spiro atoms. The highest BCUT2D eigenvalue weighted by molar-refractivity contribution is 7.12. The van der Waals surface area contributed by atoms with Crippen LogP contribution in [0.25, 0.3) is 11.1 Å². The van der Waals surface area contributed by atoms with Crippen LogP contribution in [-0.4, -0.2) is 48.8 Å². The van der Waals surface area contributed by atoms with Gasteiger partial charge in [-0.3, -0.25) is 9.59 Å². The van der Waals surface area contributed by atoms with Crippen molar-refractivity contribution in [3.63, 3.8) is 0 Å². The zero-order chi connectivity index (χ0) is 23.2. The van der Waals surface area contributed by atoms with E-state index in [4.69, 9.17) is 0 Å². The molecule has 0 bridgehead atoms. The van der Waals surface area contributed by atoms with Crippen LogP contribution < -0.4 is 5.32 Å². The van der Waals surface area contributed by atoms with Gasteiger partial charge in [-0.15, -0.1) is 11.3 Å². The number of likely N-dealkylation sites (tertiary alicyclic amines) is 1. The molecule has 5 nitrogen and oxygen atoms in total. The van der Waals surface area contributed by atoms with Crippen molar-refractivity contribution in [1.29, 1.82) is 0 Å². The van der Waals surface area contributed by atoms with Crippen LogP contribution in [0.2, 0.25) is 0 Å². The van der Waals surface area contributed by atoms with Crippen molar-refractivity contribution in [2.45, 2.75) is 25.9 Å². The van der Waals surface area contributed by atoms with Gasteiger partial charge in [-0.05, 0) is 60.6 Å². The highest BCUT2D eigenvalue weighted by Crippen LogP contribution is 2.25. The van der Waals surface area contributed by atoms with Crippen LogP contribution in [0, 0.1) is 5.92 Å². The summed E-state index contributed by atoms with van der Waals surface area (Å²) in [7, 11) is 4.13. The second kappa shape index (κ2) is 10.8. The van der Waals surface area contributed by atoms with Gasteiger partial charge < -0.3 is 15.1 Å². The first kappa shape index (κ1) is 23.2. The Bertz CT molecular complexity index is 1080. The summed E-state index contributed by atoms with van der Waals surface area (Å²) in [5.41, 5.74) is 4.64. The lowest BCUT2D eigenvalue weighted by Gasteiger charge is -2.31. The third kappa shape index (κ3) is 5.89. The molecule has 3 aromatic rings. The van der Waals surface area contributed by atoms with Gasteiger partial charge in [-0.25, -0.2) is 0 Å². The Labute approximate surface area is 200 Å². The van der Waals surface area contributed by atoms with E-state index in [1.54, 1.807) is 0 Å². The minimum absolute atomic E-state index is 0.0230. The molecule has 0 saturated carbocycles. The fraction of sp³-hybridized carbons (Fsp3) is 0.333. The molecule has 0 aliphatic carbocycles. The summed E-state index contributed by atoms with van der Waals surface area (Å²) in [5.74, 6) is -0.111. The molecule has 0 radical (unpaired) electrons. The highest BCUT2D eigenvalue weighted by Gasteiger charge is 2.29. The first-order chi connectivity index (χ1) is 16.0. The molecule has 1 aromatic heterocycles. The molecule has 4 rings (SSSR count). The Morgan fingerprint density at radius 1 is 1.06 bits per heavy atom. The molecule has 172 valence electrons. The van der Waals surface area contributed by atoms with Gasteiger partial charge >= 0.3 is 0 Å². The van der Waals surface area contributed by atoms with Gasteiger partial charge in [-0.1, -0.05) is 54.6 Å². The van der Waals surface area contributed by atoms with E-state index in [-0.39, 0.29) is 17.7 Å². The number of amides is 2. The van der Waals surface area contributed by atoms with Gasteiger partial charge in [0.2, 0.25) is 5.91 Å². The number of carbonyl (C=O) groups is 2. The molecule has 2 aromatic carbocycles. The predicted molar refractivity (Wildman–Crippen MR) is 134 cm³/mol. The molecule has 1 saturated heterocycles. The molecule has 33 heavy (non-hydrogen) atoms. The Hall–Kier alpha value is -2.96. The van der Waals surface area contributed by atoms with Crippen LogP contribution >= 0.6 is 11.3 Å². The van der Waals surface area contributed by atoms with E-state index < -0.39 is 0 Å². The average molecular weight is 462 g/mol. The second-order valence-electron chi connectivity index (χ2n) is 8.88. The zero-order valence-electron chi connectivity index (χ0n) is 19.3. The lowest BCUT2D eigenvalue weighted by Crippen LogP contribution is -2.45. The monoisotopic (exact) mass is 461 g/mol. The maximum absolute atomic E-state index is 13.0. The molecular formula is C27H31N3O2S. The Balaban J connectivity index is 1.39. The minimum Gasteiger partial charge on any atom is -0.352 e. The molecule has 0 unspecified atom stereocenters. The fourth-order valence-corrected chi connectivity index (χ4v) is 5.06. The molecule has 1 aliphatic heterocycles. The number of hydrogen-bond donors (Lipinski definition) is 1. The largest absolute Gasteiger partial charge is 0.352 e. The average Bonchev–Trinajstić information content (AvgIpc) is 3.37. The van der Waals surface area contributed by atoms with Gasteiger partial charge in [0, 0.05) is 26.2 Å². The third-order valence-electron chi connectivity index (χ3n) is 6.05. The van der Waals surface area contributed by atoms with E-state index >= 15 is 0 Å². The predicted octanol–water partition coefficient (Wildman–Crippen LogP) is 4.65. The second-order valence-corrected chi connectivity index (χ2v) is 9.82. The molecule has 2 amide bonds. The van der Waals surface area contributed by atoms with Crippen LogP contribution in [0.3, 0.4) is 0 Å². The van der Waals surface area contributed by atoms with Gasteiger partial charge in [0.1, 0.15) is 0 Å². The number of thiophene rings is 1. The Kier molecular flexibility index (Phi) is 7.57. The van der Waals surface area contributed by atoms with Gasteiger partial charge in [0.15, 0.2) is 0 Å². The van der Waals surface area contributed by atoms with E-state index in [1.807, 2.05) is 34.5 Å². The lowest BCUT2D eigenvalue weighted by molar-refractivity contribution is -0.126. The first-order valence-corrected chi connectivity index (χ1v) is 12.3. The van der Waals surface area contributed by atoms with E-state index in [1.165, 1.54) is 16.9 Å². The van der Waals surface area contributed by atoms with E-state index in [0.717, 1.165) is 41.0 Å². The molecule has 1 atom stereocenters. The van der Waals surface area contributed by atoms with E-state index in [0.29, 0.717) is 19.6 Å². The quantitative estimate of drug-likeness (QED) is 0.557. The van der Waals surface area contributed by atoms with Gasteiger partial charge in [0.25, 0.3) is 5.91 Å². The number of carbonyl (C=O) groups excluding carboxylic acids is 2. The van der Waals surface area contributed by atoms with Crippen LogP contribution in [0.5, 0.6) is 0 Å². The van der Waals surface area contributed by atoms with Crippen molar-refractivity contribution in [2.75, 3.05) is 27.2 Å². The summed E-state index contributed by atoms with van der Waals surface area (Å²) >= 11 is 1.45. The number of benzene rings is 2. The molecule has 1 fully saturated rings. The SMILES string of the molecule is CN(C)Cc1ccc(-c2ccccc2CNC(=O)[C@@H]2CCCN(C(=O)c3cccs3)C2)cc1. The molecule has 1 aliphatic rings. The number of hydrogen-bond acceptors (Lipinski definition) is 4. The van der Waals surface area contributed by atoms with Crippen LogP contribution in [-0.2, 0) is 17.9 Å². The first-order valence-electron chi connectivity index (χ1n) is 11.4. The maximum Gasteiger partial charge on any atom is 0.263 e. The molecular weight excluding hydrogens is 430 g/mol. The van der Waals surface area contributed by atoms with E-state index in [2.05, 4.69) is 60.7 Å². The summed E-state index contributed by atoms with van der Waals surface area (Å²) in [6, 6.07) is 20.6. The molecule has 1 N–H and O–H groups in total. The summed E-state index contributed by atoms with van der Waals surface area (Å²) in [6.07, 6.45) is 1.67. The van der Waals surface area contributed by atoms with Crippen LogP contribution in [0.15, 0.2) is 66.0 Å². The smallest absolute Gasteiger partial charge is 0.263 e. The number of rotatable bonds is 7. The van der Waals surface area contributed by atoms with Crippen molar-refractivity contribution in [3.8, 4) is 11.1 Å². The highest BCUT2D eigenvalue weighted by atomic mass is 32.1. The number of piperidine rings is 1. The van der Waals surface area contributed by atoms with Crippen molar-refractivity contribution in [2.24, 2.45) is 5.92 Å². The van der Waals surface area contributed by atoms with Gasteiger partial charge in [-0.2, -0.15) is 0 Å². The topological polar surface area (TPSA) is 52.7 Å². The summed E-state index contributed by atoms with van der Waals surface area (Å²) in [5, 5.41) is 5.04. The maximum atomic E-state index is 13.0. The third-order valence-corrected chi connectivity index (χ3v) is 6.90. The van der Waals surface area contributed by atoms with Crippen molar-refractivity contribution in [1.82, 2.24) is 15.1 Å². The molecule has 6 heteroatoms. The van der Waals surface area contributed by atoms with Crippen molar-refractivity contribution < 1.29 is 9.59 Å². The number of nitrogens with one attached hydrogen (secondary N) is 1. The van der Waals surface area contributed by atoms with E-state index in [9.17, 15) is 9.59 Å². The molecule has 2 heterocycles. The zero-order valence-corrected chi connectivity index (χ0v) is 20.1. The normalized spacial score (nSPS) is 16.1. The number of nitrogens with zero attached hydrogens (tertiary/aromatic N) is 2. The Morgan fingerprint density at radius 2 is 1.85 bits per heavy atom. The minimum atomic E-state index is -0.167.